The van der Waals surface area contributed by atoms with E-state index in [9.17, 15) is 8.42 Å². The van der Waals surface area contributed by atoms with Crippen molar-refractivity contribution in [2.75, 3.05) is 18.0 Å². The standard InChI is InChI=1S/C20H27N3O2S/c1-3-5-17-8-10-19(11-9-17)26(24,25)22-18-12-14-23(15-13-18)20-7-4-6-16(2)21-20/h4,6-11,18,22H,3,5,12-15H2,1-2H3. The van der Waals surface area contributed by atoms with Gasteiger partial charge < -0.3 is 4.90 Å². The number of aryl methyl sites for hydroxylation is 2. The van der Waals surface area contributed by atoms with Gasteiger partial charge in [-0.2, -0.15) is 0 Å². The molecule has 0 bridgehead atoms. The summed E-state index contributed by atoms with van der Waals surface area (Å²) in [6, 6.07) is 13.2. The highest BCUT2D eigenvalue weighted by atomic mass is 32.2. The molecule has 3 rings (SSSR count). The number of hydrogen-bond donors (Lipinski definition) is 1. The van der Waals surface area contributed by atoms with Crippen molar-refractivity contribution < 1.29 is 8.42 Å². The van der Waals surface area contributed by atoms with E-state index in [1.54, 1.807) is 12.1 Å². The molecule has 0 radical (unpaired) electrons. The maximum Gasteiger partial charge on any atom is 0.240 e. The first kappa shape index (κ1) is 18.9. The Bertz CT molecular complexity index is 826. The summed E-state index contributed by atoms with van der Waals surface area (Å²) in [5.74, 6) is 0.970. The van der Waals surface area contributed by atoms with Crippen molar-refractivity contribution in [3.63, 3.8) is 0 Å². The van der Waals surface area contributed by atoms with Crippen LogP contribution in [0.3, 0.4) is 0 Å². The van der Waals surface area contributed by atoms with Crippen molar-refractivity contribution in [1.29, 1.82) is 0 Å². The van der Waals surface area contributed by atoms with Gasteiger partial charge in [-0.25, -0.2) is 18.1 Å². The molecule has 1 aromatic carbocycles. The summed E-state index contributed by atoms with van der Waals surface area (Å²) >= 11 is 0. The van der Waals surface area contributed by atoms with Crippen LogP contribution in [-0.2, 0) is 16.4 Å². The van der Waals surface area contributed by atoms with Gasteiger partial charge in [-0.3, -0.25) is 0 Å². The second-order valence-electron chi connectivity index (χ2n) is 6.91. The average molecular weight is 374 g/mol. The van der Waals surface area contributed by atoms with E-state index >= 15 is 0 Å². The van der Waals surface area contributed by atoms with Gasteiger partial charge in [0.15, 0.2) is 0 Å². The molecule has 1 aliphatic rings. The molecule has 1 N–H and O–H groups in total. The molecule has 0 unspecified atom stereocenters. The number of rotatable bonds is 6. The summed E-state index contributed by atoms with van der Waals surface area (Å²) < 4.78 is 28.1. The fourth-order valence-corrected chi connectivity index (χ4v) is 4.65. The molecule has 0 spiro atoms. The lowest BCUT2D eigenvalue weighted by molar-refractivity contribution is 0.458. The zero-order valence-corrected chi connectivity index (χ0v) is 16.3. The van der Waals surface area contributed by atoms with Crippen LogP contribution in [0.25, 0.3) is 0 Å². The van der Waals surface area contributed by atoms with Crippen molar-refractivity contribution in [2.24, 2.45) is 0 Å². The summed E-state index contributed by atoms with van der Waals surface area (Å²) in [6.07, 6.45) is 3.59. The van der Waals surface area contributed by atoms with Crippen LogP contribution in [0.15, 0.2) is 47.4 Å². The molecule has 1 aliphatic heterocycles. The molecule has 0 atom stereocenters. The lowest BCUT2D eigenvalue weighted by atomic mass is 10.1. The minimum Gasteiger partial charge on any atom is -0.356 e. The van der Waals surface area contributed by atoms with E-state index in [1.165, 1.54) is 5.56 Å². The van der Waals surface area contributed by atoms with Crippen LogP contribution in [-0.4, -0.2) is 32.5 Å². The number of aromatic nitrogens is 1. The Morgan fingerprint density at radius 3 is 2.42 bits per heavy atom. The monoisotopic (exact) mass is 373 g/mol. The van der Waals surface area contributed by atoms with Crippen molar-refractivity contribution in [2.45, 2.75) is 50.5 Å². The van der Waals surface area contributed by atoms with Gasteiger partial charge in [-0.1, -0.05) is 31.5 Å². The Morgan fingerprint density at radius 2 is 1.81 bits per heavy atom. The Balaban J connectivity index is 1.59. The van der Waals surface area contributed by atoms with Gasteiger partial charge in [0.05, 0.1) is 4.90 Å². The highest BCUT2D eigenvalue weighted by Gasteiger charge is 2.25. The number of benzene rings is 1. The minimum absolute atomic E-state index is 0.0311. The van der Waals surface area contributed by atoms with E-state index in [4.69, 9.17) is 0 Å². The molecule has 1 saturated heterocycles. The van der Waals surface area contributed by atoms with Gasteiger partial charge in [0.25, 0.3) is 0 Å². The first-order chi connectivity index (χ1) is 12.5. The van der Waals surface area contributed by atoms with Crippen LogP contribution < -0.4 is 9.62 Å². The Morgan fingerprint density at radius 1 is 1.12 bits per heavy atom. The largest absolute Gasteiger partial charge is 0.356 e. The first-order valence-corrected chi connectivity index (χ1v) is 10.8. The zero-order valence-electron chi connectivity index (χ0n) is 15.5. The molecule has 140 valence electrons. The maximum absolute atomic E-state index is 12.6. The van der Waals surface area contributed by atoms with E-state index < -0.39 is 10.0 Å². The Hall–Kier alpha value is -1.92. The lowest BCUT2D eigenvalue weighted by Gasteiger charge is -2.33. The van der Waals surface area contributed by atoms with Crippen molar-refractivity contribution in [3.8, 4) is 0 Å². The van der Waals surface area contributed by atoms with Gasteiger partial charge >= 0.3 is 0 Å². The molecular weight excluding hydrogens is 346 g/mol. The molecule has 5 nitrogen and oxygen atoms in total. The number of nitrogens with one attached hydrogen (secondary N) is 1. The smallest absolute Gasteiger partial charge is 0.240 e. The highest BCUT2D eigenvalue weighted by molar-refractivity contribution is 7.89. The molecule has 0 amide bonds. The SMILES string of the molecule is CCCc1ccc(S(=O)(=O)NC2CCN(c3cccc(C)n3)CC2)cc1. The minimum atomic E-state index is -3.46. The lowest BCUT2D eigenvalue weighted by Crippen LogP contribution is -2.44. The Labute approximate surface area is 156 Å². The fourth-order valence-electron chi connectivity index (χ4n) is 3.34. The van der Waals surface area contributed by atoms with Gasteiger partial charge in [0.2, 0.25) is 10.0 Å². The third kappa shape index (κ3) is 4.62. The topological polar surface area (TPSA) is 62.3 Å². The number of pyridine rings is 1. The van der Waals surface area contributed by atoms with E-state index in [0.717, 1.165) is 50.3 Å². The summed E-state index contributed by atoms with van der Waals surface area (Å²) in [5, 5.41) is 0. The third-order valence-corrected chi connectivity index (χ3v) is 6.32. The van der Waals surface area contributed by atoms with Gasteiger partial charge in [0, 0.05) is 24.8 Å². The highest BCUT2D eigenvalue weighted by Crippen LogP contribution is 2.20. The van der Waals surface area contributed by atoms with Crippen LogP contribution >= 0.6 is 0 Å². The number of nitrogens with zero attached hydrogens (tertiary/aromatic N) is 2. The molecule has 1 aromatic heterocycles. The van der Waals surface area contributed by atoms with Gasteiger partial charge in [0.1, 0.15) is 5.82 Å². The second-order valence-corrected chi connectivity index (χ2v) is 8.63. The zero-order chi connectivity index (χ0) is 18.6. The van der Waals surface area contributed by atoms with Crippen LogP contribution in [0.5, 0.6) is 0 Å². The molecule has 0 saturated carbocycles. The summed E-state index contributed by atoms with van der Waals surface area (Å²) in [5.41, 5.74) is 2.17. The second kappa shape index (κ2) is 8.18. The molecule has 1 fully saturated rings. The fraction of sp³-hybridized carbons (Fsp3) is 0.450. The number of anilines is 1. The summed E-state index contributed by atoms with van der Waals surface area (Å²) in [6.45, 7) is 5.71. The van der Waals surface area contributed by atoms with E-state index in [2.05, 4.69) is 21.5 Å². The maximum atomic E-state index is 12.6. The molecule has 26 heavy (non-hydrogen) atoms. The number of hydrogen-bond acceptors (Lipinski definition) is 4. The van der Waals surface area contributed by atoms with E-state index in [1.807, 2.05) is 37.3 Å². The van der Waals surface area contributed by atoms with Gasteiger partial charge in [-0.15, -0.1) is 0 Å². The van der Waals surface area contributed by atoms with Crippen LogP contribution in [0.4, 0.5) is 5.82 Å². The number of piperidine rings is 1. The molecule has 6 heteroatoms. The van der Waals surface area contributed by atoms with Crippen LogP contribution in [0, 0.1) is 6.92 Å². The normalized spacial score (nSPS) is 16.0. The van der Waals surface area contributed by atoms with Crippen molar-refractivity contribution >= 4 is 15.8 Å². The number of sulfonamides is 1. The average Bonchev–Trinajstić information content (AvgIpc) is 2.63. The van der Waals surface area contributed by atoms with E-state index in [0.29, 0.717) is 4.90 Å². The van der Waals surface area contributed by atoms with Crippen LogP contribution in [0.1, 0.15) is 37.4 Å². The molecular formula is C20H27N3O2S. The first-order valence-electron chi connectivity index (χ1n) is 9.28. The summed E-state index contributed by atoms with van der Waals surface area (Å²) in [7, 11) is -3.46. The Kier molecular flexibility index (Phi) is 5.94. The summed E-state index contributed by atoms with van der Waals surface area (Å²) in [4.78, 5) is 7.12. The predicted molar refractivity (Wildman–Crippen MR) is 105 cm³/mol. The van der Waals surface area contributed by atoms with Gasteiger partial charge in [-0.05, 0) is 56.0 Å². The molecule has 2 aromatic rings. The predicted octanol–water partition coefficient (Wildman–Crippen LogP) is 3.29. The van der Waals surface area contributed by atoms with Crippen LogP contribution in [0.2, 0.25) is 0 Å². The molecule has 0 aliphatic carbocycles. The van der Waals surface area contributed by atoms with Crippen molar-refractivity contribution in [1.82, 2.24) is 9.71 Å². The molecule has 2 heterocycles. The quantitative estimate of drug-likeness (QED) is 0.844. The third-order valence-electron chi connectivity index (χ3n) is 4.79. The van der Waals surface area contributed by atoms with Crippen molar-refractivity contribution in [3.05, 3.63) is 53.7 Å². The van der Waals surface area contributed by atoms with E-state index in [-0.39, 0.29) is 6.04 Å².